The zero-order valence-corrected chi connectivity index (χ0v) is 11.2. The maximum absolute atomic E-state index is 5.73. The molecule has 0 bridgehead atoms. The van der Waals surface area contributed by atoms with Crippen molar-refractivity contribution in [2.45, 2.75) is 20.8 Å². The molecule has 2 rings (SSSR count). The molecule has 0 amide bonds. The van der Waals surface area contributed by atoms with E-state index in [-0.39, 0.29) is 11.4 Å². The summed E-state index contributed by atoms with van der Waals surface area (Å²) in [6, 6.07) is 9.65. The average molecular weight is 259 g/mol. The van der Waals surface area contributed by atoms with Crippen molar-refractivity contribution in [3.8, 4) is 0 Å². The van der Waals surface area contributed by atoms with E-state index < -0.39 is 0 Å². The molecule has 19 heavy (non-hydrogen) atoms. The molecule has 0 unspecified atom stereocenters. The van der Waals surface area contributed by atoms with Crippen LogP contribution in [0.15, 0.2) is 35.4 Å². The Morgan fingerprint density at radius 3 is 2.47 bits per heavy atom. The molecule has 1 aromatic heterocycles. The maximum Gasteiger partial charge on any atom is 0.246 e. The first-order chi connectivity index (χ1) is 8.98. The van der Waals surface area contributed by atoms with Gasteiger partial charge in [-0.3, -0.25) is 5.43 Å². The molecule has 0 saturated carbocycles. The fourth-order valence-electron chi connectivity index (χ4n) is 1.51. The Morgan fingerprint density at radius 1 is 1.26 bits per heavy atom. The molecule has 0 aliphatic rings. The molecule has 100 valence electrons. The van der Waals surface area contributed by atoms with Crippen LogP contribution in [-0.2, 0) is 0 Å². The third-order valence-electron chi connectivity index (χ3n) is 2.43. The van der Waals surface area contributed by atoms with Crippen LogP contribution < -0.4 is 11.2 Å². The Bertz CT molecular complexity index is 565. The summed E-state index contributed by atoms with van der Waals surface area (Å²) >= 11 is 0. The number of nitrogens with two attached hydrogens (primary N) is 1. The quantitative estimate of drug-likeness (QED) is 0.485. The summed E-state index contributed by atoms with van der Waals surface area (Å²) in [5, 5.41) is 15.4. The number of nitrogens with zero attached hydrogens (tertiary/aromatic N) is 5. The van der Waals surface area contributed by atoms with E-state index in [2.05, 4.69) is 26.1 Å². The fourth-order valence-corrected chi connectivity index (χ4v) is 1.51. The van der Waals surface area contributed by atoms with Gasteiger partial charge in [-0.1, -0.05) is 44.1 Å². The monoisotopic (exact) mass is 259 g/mol. The van der Waals surface area contributed by atoms with Crippen molar-refractivity contribution < 1.29 is 0 Å². The van der Waals surface area contributed by atoms with Gasteiger partial charge in [-0.15, -0.1) is 0 Å². The van der Waals surface area contributed by atoms with E-state index in [9.17, 15) is 0 Å². The highest BCUT2D eigenvalue weighted by atomic mass is 15.6. The number of para-hydroxylation sites is 1. The first-order valence-electron chi connectivity index (χ1n) is 5.92. The lowest BCUT2D eigenvalue weighted by atomic mass is 9.95. The predicted molar refractivity (Wildman–Crippen MR) is 74.6 cm³/mol. The lowest BCUT2D eigenvalue weighted by Crippen LogP contribution is -2.31. The molecule has 0 aliphatic heterocycles. The van der Waals surface area contributed by atoms with Crippen LogP contribution in [0.4, 0.5) is 11.6 Å². The number of hydrazone groups is 1. The summed E-state index contributed by atoms with van der Waals surface area (Å²) in [7, 11) is 0. The van der Waals surface area contributed by atoms with Gasteiger partial charge in [0.05, 0.1) is 5.69 Å². The molecule has 1 heterocycles. The number of aromatic nitrogens is 4. The van der Waals surface area contributed by atoms with Crippen LogP contribution in [0.25, 0.3) is 0 Å². The molecule has 0 aliphatic carbocycles. The second-order valence-corrected chi connectivity index (χ2v) is 5.11. The van der Waals surface area contributed by atoms with Gasteiger partial charge in [-0.05, 0) is 22.6 Å². The smallest absolute Gasteiger partial charge is 0.246 e. The Labute approximate surface area is 111 Å². The van der Waals surface area contributed by atoms with Crippen molar-refractivity contribution in [1.29, 1.82) is 0 Å². The molecule has 1 aromatic carbocycles. The highest BCUT2D eigenvalue weighted by molar-refractivity contribution is 5.90. The van der Waals surface area contributed by atoms with E-state index in [0.29, 0.717) is 5.84 Å². The second kappa shape index (κ2) is 5.05. The van der Waals surface area contributed by atoms with Crippen LogP contribution >= 0.6 is 0 Å². The van der Waals surface area contributed by atoms with E-state index in [1.54, 1.807) is 0 Å². The first kappa shape index (κ1) is 13.0. The third kappa shape index (κ3) is 3.06. The topological polar surface area (TPSA) is 94.0 Å². The lowest BCUT2D eigenvalue weighted by molar-refractivity contribution is 0.557. The summed E-state index contributed by atoms with van der Waals surface area (Å²) < 4.78 is 1.43. The number of anilines is 2. The zero-order valence-electron chi connectivity index (χ0n) is 11.2. The van der Waals surface area contributed by atoms with Crippen molar-refractivity contribution in [2.24, 2.45) is 10.5 Å². The molecule has 7 heteroatoms. The molecule has 0 radical (unpaired) electrons. The highest BCUT2D eigenvalue weighted by Gasteiger charge is 2.24. The number of hydrogen-bond acceptors (Lipinski definition) is 6. The minimum absolute atomic E-state index is 0.212. The molecular formula is C12H17N7. The van der Waals surface area contributed by atoms with Gasteiger partial charge in [0.15, 0.2) is 5.84 Å². The third-order valence-corrected chi connectivity index (χ3v) is 2.43. The zero-order chi connectivity index (χ0) is 13.9. The number of tetrazole rings is 1. The van der Waals surface area contributed by atoms with Crippen LogP contribution in [0.2, 0.25) is 0 Å². The van der Waals surface area contributed by atoms with Gasteiger partial charge in [0.25, 0.3) is 0 Å². The van der Waals surface area contributed by atoms with Gasteiger partial charge in [0, 0.05) is 5.41 Å². The van der Waals surface area contributed by atoms with E-state index in [0.717, 1.165) is 5.69 Å². The molecule has 7 nitrogen and oxygen atoms in total. The van der Waals surface area contributed by atoms with Gasteiger partial charge >= 0.3 is 0 Å². The summed E-state index contributed by atoms with van der Waals surface area (Å²) in [5.41, 5.74) is 9.33. The minimum Gasteiger partial charge on any atom is -0.366 e. The summed E-state index contributed by atoms with van der Waals surface area (Å²) in [6.45, 7) is 6.04. The number of nitrogen functional groups attached to an aromatic ring is 1. The number of rotatable bonds is 2. The van der Waals surface area contributed by atoms with E-state index >= 15 is 0 Å². The van der Waals surface area contributed by atoms with Crippen LogP contribution in [-0.4, -0.2) is 26.0 Å². The van der Waals surface area contributed by atoms with Gasteiger partial charge in [0.2, 0.25) is 5.95 Å². The molecule has 2 aromatic rings. The van der Waals surface area contributed by atoms with Crippen molar-refractivity contribution in [1.82, 2.24) is 20.2 Å². The number of benzene rings is 1. The van der Waals surface area contributed by atoms with Crippen LogP contribution in [0.1, 0.15) is 20.8 Å². The normalized spacial score (nSPS) is 12.5. The van der Waals surface area contributed by atoms with E-state index in [1.807, 2.05) is 51.1 Å². The highest BCUT2D eigenvalue weighted by Crippen LogP contribution is 2.19. The largest absolute Gasteiger partial charge is 0.366 e. The Kier molecular flexibility index (Phi) is 3.46. The lowest BCUT2D eigenvalue weighted by Gasteiger charge is -2.20. The van der Waals surface area contributed by atoms with Crippen molar-refractivity contribution in [3.63, 3.8) is 0 Å². The van der Waals surface area contributed by atoms with E-state index in [1.165, 1.54) is 4.68 Å². The standard InChI is InChI=1S/C12H17N7/c1-12(2,3)10(19-11(13)16-17-18-19)15-14-9-7-5-4-6-8-9/h4-8,14H,1-3H3,(H2,13,16,18)/b15-10-. The van der Waals surface area contributed by atoms with E-state index in [4.69, 9.17) is 5.73 Å². The van der Waals surface area contributed by atoms with Gasteiger partial charge < -0.3 is 5.73 Å². The molecule has 0 fully saturated rings. The maximum atomic E-state index is 5.73. The average Bonchev–Trinajstić information content (AvgIpc) is 2.76. The Morgan fingerprint density at radius 2 is 1.95 bits per heavy atom. The van der Waals surface area contributed by atoms with Crippen LogP contribution in [0, 0.1) is 5.41 Å². The van der Waals surface area contributed by atoms with Crippen molar-refractivity contribution >= 4 is 17.5 Å². The van der Waals surface area contributed by atoms with Crippen LogP contribution in [0.3, 0.4) is 0 Å². The van der Waals surface area contributed by atoms with Gasteiger partial charge in [-0.25, -0.2) is 0 Å². The first-order valence-corrected chi connectivity index (χ1v) is 5.92. The van der Waals surface area contributed by atoms with Gasteiger partial charge in [0.1, 0.15) is 0 Å². The fraction of sp³-hybridized carbons (Fsp3) is 0.333. The molecule has 3 N–H and O–H groups in total. The summed E-state index contributed by atoms with van der Waals surface area (Å²) in [6.07, 6.45) is 0. The summed E-state index contributed by atoms with van der Waals surface area (Å²) in [4.78, 5) is 0. The van der Waals surface area contributed by atoms with Crippen molar-refractivity contribution in [2.75, 3.05) is 11.2 Å². The summed E-state index contributed by atoms with van der Waals surface area (Å²) in [5.74, 6) is 0.849. The molecule has 0 atom stereocenters. The molecular weight excluding hydrogens is 242 g/mol. The number of nitrogens with one attached hydrogen (secondary N) is 1. The molecule has 0 spiro atoms. The molecule has 0 saturated heterocycles. The van der Waals surface area contributed by atoms with Crippen molar-refractivity contribution in [3.05, 3.63) is 30.3 Å². The SMILES string of the molecule is CC(C)(C)/C(=N/Nc1ccccc1)n1nnnc1N. The van der Waals surface area contributed by atoms with Crippen LogP contribution in [0.5, 0.6) is 0 Å². The Hall–Kier alpha value is -2.44. The second-order valence-electron chi connectivity index (χ2n) is 5.11. The minimum atomic E-state index is -0.259. The van der Waals surface area contributed by atoms with Gasteiger partial charge in [-0.2, -0.15) is 9.78 Å². The number of hydrogen-bond donors (Lipinski definition) is 2. The Balaban J connectivity index is 2.32. The predicted octanol–water partition coefficient (Wildman–Crippen LogP) is 1.58.